The number of sulfonamides is 1. The Morgan fingerprint density at radius 3 is 2.70 bits per heavy atom. The number of hydrogen-bond donors (Lipinski definition) is 1. The van der Waals surface area contributed by atoms with Gasteiger partial charge >= 0.3 is 0 Å². The van der Waals surface area contributed by atoms with Gasteiger partial charge in [-0.3, -0.25) is 0 Å². The molecule has 0 spiro atoms. The third-order valence-electron chi connectivity index (χ3n) is 3.56. The monoisotopic (exact) mass is 361 g/mol. The molecule has 0 bridgehead atoms. The van der Waals surface area contributed by atoms with Crippen LogP contribution in [0.2, 0.25) is 0 Å². The molecule has 1 saturated heterocycles. The Morgan fingerprint density at radius 1 is 1.40 bits per heavy atom. The van der Waals surface area contributed by atoms with E-state index in [1.54, 1.807) is 11.2 Å². The predicted octanol–water partition coefficient (Wildman–Crippen LogP) is 1.75. The van der Waals surface area contributed by atoms with E-state index in [4.69, 9.17) is 0 Å². The van der Waals surface area contributed by atoms with E-state index in [1.165, 1.54) is 0 Å². The van der Waals surface area contributed by atoms with Crippen molar-refractivity contribution < 1.29 is 8.42 Å². The predicted molar refractivity (Wildman–Crippen MR) is 82.8 cm³/mol. The van der Waals surface area contributed by atoms with Crippen LogP contribution in [0.5, 0.6) is 0 Å². The number of hydrogen-bond acceptors (Lipinski definition) is 4. The summed E-state index contributed by atoms with van der Waals surface area (Å²) in [6.07, 6.45) is 1.71. The Balaban J connectivity index is 1.80. The molecule has 0 unspecified atom stereocenters. The van der Waals surface area contributed by atoms with Gasteiger partial charge in [0.05, 0.1) is 11.4 Å². The number of nitrogens with zero attached hydrogens (tertiary/aromatic N) is 2. The molecule has 1 N–H and O–H groups in total. The largest absolute Gasteiger partial charge is 0.308 e. The molecule has 0 atom stereocenters. The molecular formula is C13H20BrN3O2S. The van der Waals surface area contributed by atoms with Gasteiger partial charge in [0, 0.05) is 25.7 Å². The van der Waals surface area contributed by atoms with Crippen molar-refractivity contribution in [3.63, 3.8) is 0 Å². The second-order valence-corrected chi connectivity index (χ2v) is 7.98. The third-order valence-corrected chi connectivity index (χ3v) is 5.88. The fourth-order valence-electron chi connectivity index (χ4n) is 2.32. The Hall–Kier alpha value is -0.500. The summed E-state index contributed by atoms with van der Waals surface area (Å²) in [7, 11) is -3.03. The van der Waals surface area contributed by atoms with Crippen LogP contribution in [-0.2, 0) is 16.6 Å². The maximum Gasteiger partial charge on any atom is 0.213 e. The van der Waals surface area contributed by atoms with Crippen LogP contribution in [0.15, 0.2) is 22.8 Å². The smallest absolute Gasteiger partial charge is 0.213 e. The summed E-state index contributed by atoms with van der Waals surface area (Å²) in [5, 5.41) is 3.45. The quantitative estimate of drug-likeness (QED) is 0.811. The van der Waals surface area contributed by atoms with Crippen molar-refractivity contribution in [1.82, 2.24) is 14.6 Å². The Bertz CT molecular complexity index is 542. The molecule has 1 aromatic rings. The number of nitrogens with one attached hydrogen (secondary N) is 1. The maximum absolute atomic E-state index is 11.8. The average Bonchev–Trinajstić information content (AvgIpc) is 2.46. The van der Waals surface area contributed by atoms with E-state index in [0.29, 0.717) is 25.7 Å². The summed E-state index contributed by atoms with van der Waals surface area (Å²) in [4.78, 5) is 4.37. The number of piperidine rings is 1. The zero-order chi connectivity index (χ0) is 14.6. The summed E-state index contributed by atoms with van der Waals surface area (Å²) < 4.78 is 26.0. The molecule has 20 heavy (non-hydrogen) atoms. The first-order chi connectivity index (χ1) is 9.51. The average molecular weight is 362 g/mol. The molecule has 0 aromatic carbocycles. The van der Waals surface area contributed by atoms with Crippen LogP contribution in [-0.4, -0.2) is 42.6 Å². The zero-order valence-electron chi connectivity index (χ0n) is 11.5. The van der Waals surface area contributed by atoms with Crippen LogP contribution in [0.25, 0.3) is 0 Å². The van der Waals surface area contributed by atoms with Gasteiger partial charge in [-0.15, -0.1) is 0 Å². The molecule has 1 aliphatic heterocycles. The second-order valence-electron chi connectivity index (χ2n) is 4.91. The van der Waals surface area contributed by atoms with Gasteiger partial charge in [-0.1, -0.05) is 6.07 Å². The van der Waals surface area contributed by atoms with Gasteiger partial charge in [-0.2, -0.15) is 0 Å². The molecule has 2 rings (SSSR count). The van der Waals surface area contributed by atoms with Gasteiger partial charge in [0.15, 0.2) is 0 Å². The van der Waals surface area contributed by atoms with E-state index in [2.05, 4.69) is 26.2 Å². The first-order valence-electron chi connectivity index (χ1n) is 6.84. The maximum atomic E-state index is 11.8. The third kappa shape index (κ3) is 4.25. The molecule has 0 aliphatic carbocycles. The minimum atomic E-state index is -3.03. The number of aromatic nitrogens is 1. The molecule has 0 amide bonds. The van der Waals surface area contributed by atoms with E-state index >= 15 is 0 Å². The standard InChI is InChI=1S/C13H20BrN3O2S/c1-2-20(18,19)17-8-6-11(7-9-17)15-10-12-4-3-5-13(14)16-12/h3-5,11,15H,2,6-10H2,1H3. The SMILES string of the molecule is CCS(=O)(=O)N1CCC(NCc2cccc(Br)n2)CC1. The van der Waals surface area contributed by atoms with Crippen LogP contribution in [0.3, 0.4) is 0 Å². The first-order valence-corrected chi connectivity index (χ1v) is 9.24. The van der Waals surface area contributed by atoms with Crippen molar-refractivity contribution in [2.75, 3.05) is 18.8 Å². The molecule has 1 aromatic heterocycles. The lowest BCUT2D eigenvalue weighted by Crippen LogP contribution is -2.45. The molecule has 1 aliphatic rings. The number of pyridine rings is 1. The molecule has 0 saturated carbocycles. The minimum Gasteiger partial charge on any atom is -0.308 e. The van der Waals surface area contributed by atoms with Crippen LogP contribution in [0.1, 0.15) is 25.5 Å². The number of halogens is 1. The highest BCUT2D eigenvalue weighted by Gasteiger charge is 2.26. The number of rotatable bonds is 5. The van der Waals surface area contributed by atoms with Crippen LogP contribution >= 0.6 is 15.9 Å². The molecule has 112 valence electrons. The van der Waals surface area contributed by atoms with Crippen molar-refractivity contribution in [1.29, 1.82) is 0 Å². The molecule has 0 radical (unpaired) electrons. The lowest BCUT2D eigenvalue weighted by Gasteiger charge is -2.31. The summed E-state index contributed by atoms with van der Waals surface area (Å²) in [5.74, 6) is 0.188. The normalized spacial score (nSPS) is 18.3. The molecule has 2 heterocycles. The fourth-order valence-corrected chi connectivity index (χ4v) is 3.83. The van der Waals surface area contributed by atoms with Gasteiger partial charge in [-0.25, -0.2) is 17.7 Å². The Labute approximate surface area is 129 Å². The summed E-state index contributed by atoms with van der Waals surface area (Å²) in [5.41, 5.74) is 0.989. The highest BCUT2D eigenvalue weighted by molar-refractivity contribution is 9.10. The van der Waals surface area contributed by atoms with E-state index in [0.717, 1.165) is 23.1 Å². The lowest BCUT2D eigenvalue weighted by molar-refractivity contribution is 0.288. The van der Waals surface area contributed by atoms with Gasteiger partial charge in [0.1, 0.15) is 4.60 Å². The van der Waals surface area contributed by atoms with Crippen molar-refractivity contribution >= 4 is 26.0 Å². The van der Waals surface area contributed by atoms with E-state index < -0.39 is 10.0 Å². The highest BCUT2D eigenvalue weighted by atomic mass is 79.9. The van der Waals surface area contributed by atoms with Crippen LogP contribution in [0.4, 0.5) is 0 Å². The molecule has 7 heteroatoms. The Morgan fingerprint density at radius 2 is 2.10 bits per heavy atom. The summed E-state index contributed by atoms with van der Waals surface area (Å²) >= 11 is 3.35. The van der Waals surface area contributed by atoms with E-state index in [-0.39, 0.29) is 5.75 Å². The van der Waals surface area contributed by atoms with Crippen molar-refractivity contribution in [2.24, 2.45) is 0 Å². The summed E-state index contributed by atoms with van der Waals surface area (Å²) in [6.45, 7) is 3.63. The molecule has 1 fully saturated rings. The van der Waals surface area contributed by atoms with E-state index in [9.17, 15) is 8.42 Å². The van der Waals surface area contributed by atoms with E-state index in [1.807, 2.05) is 18.2 Å². The van der Waals surface area contributed by atoms with Crippen molar-refractivity contribution in [3.05, 3.63) is 28.5 Å². The minimum absolute atomic E-state index is 0.188. The second kappa shape index (κ2) is 6.98. The van der Waals surface area contributed by atoms with Gasteiger partial charge < -0.3 is 5.32 Å². The van der Waals surface area contributed by atoms with Crippen LogP contribution in [0, 0.1) is 0 Å². The van der Waals surface area contributed by atoms with Gasteiger partial charge in [0.25, 0.3) is 0 Å². The topological polar surface area (TPSA) is 62.3 Å². The molecule has 5 nitrogen and oxygen atoms in total. The van der Waals surface area contributed by atoms with Crippen LogP contribution < -0.4 is 5.32 Å². The fraction of sp³-hybridized carbons (Fsp3) is 0.615. The zero-order valence-corrected chi connectivity index (χ0v) is 14.0. The lowest BCUT2D eigenvalue weighted by atomic mass is 10.1. The van der Waals surface area contributed by atoms with Crippen molar-refractivity contribution in [3.8, 4) is 0 Å². The van der Waals surface area contributed by atoms with Crippen molar-refractivity contribution in [2.45, 2.75) is 32.4 Å². The molecular weight excluding hydrogens is 342 g/mol. The van der Waals surface area contributed by atoms with Gasteiger partial charge in [-0.05, 0) is 47.8 Å². The summed E-state index contributed by atoms with van der Waals surface area (Å²) in [6, 6.07) is 6.20. The highest BCUT2D eigenvalue weighted by Crippen LogP contribution is 2.15. The van der Waals surface area contributed by atoms with Gasteiger partial charge in [0.2, 0.25) is 10.0 Å². The first kappa shape index (κ1) is 15.9. The Kier molecular flexibility index (Phi) is 5.54.